The van der Waals surface area contributed by atoms with Crippen LogP contribution in [-0.4, -0.2) is 17.6 Å². The highest BCUT2D eigenvalue weighted by atomic mass is 79.9. The van der Waals surface area contributed by atoms with Crippen LogP contribution in [-0.2, 0) is 10.2 Å². The van der Waals surface area contributed by atoms with Gasteiger partial charge in [0.2, 0.25) is 5.91 Å². The van der Waals surface area contributed by atoms with E-state index in [2.05, 4.69) is 15.9 Å². The molecular formula is C11H11BrFNO2. The molecule has 3 N–H and O–H groups in total. The maximum absolute atomic E-state index is 13.7. The molecule has 1 aliphatic carbocycles. The molecule has 5 heteroatoms. The topological polar surface area (TPSA) is 63.3 Å². The Morgan fingerprint density at radius 3 is 2.88 bits per heavy atom. The number of nitrogens with two attached hydrogens (primary N) is 1. The van der Waals surface area contributed by atoms with E-state index in [0.717, 1.165) is 0 Å². The van der Waals surface area contributed by atoms with Crippen LogP contribution in [0.2, 0.25) is 0 Å². The molecule has 0 aromatic heterocycles. The van der Waals surface area contributed by atoms with Gasteiger partial charge in [0.1, 0.15) is 5.82 Å². The Morgan fingerprint density at radius 2 is 2.38 bits per heavy atom. The highest BCUT2D eigenvalue weighted by Crippen LogP contribution is 2.54. The first-order valence-electron chi connectivity index (χ1n) is 4.88. The van der Waals surface area contributed by atoms with Gasteiger partial charge in [0.05, 0.1) is 5.41 Å². The van der Waals surface area contributed by atoms with Crippen LogP contribution >= 0.6 is 15.9 Å². The largest absolute Gasteiger partial charge is 0.396 e. The average molecular weight is 288 g/mol. The van der Waals surface area contributed by atoms with Crippen molar-refractivity contribution in [2.24, 2.45) is 11.7 Å². The van der Waals surface area contributed by atoms with Crippen LogP contribution < -0.4 is 5.73 Å². The van der Waals surface area contributed by atoms with Crippen LogP contribution in [0.15, 0.2) is 22.7 Å². The molecular weight excluding hydrogens is 277 g/mol. The van der Waals surface area contributed by atoms with Crippen molar-refractivity contribution in [3.63, 3.8) is 0 Å². The second-order valence-corrected chi connectivity index (χ2v) is 4.96. The van der Waals surface area contributed by atoms with E-state index in [9.17, 15) is 9.18 Å². The summed E-state index contributed by atoms with van der Waals surface area (Å²) in [6.07, 6.45) is 0.409. The molecule has 1 saturated carbocycles. The average Bonchev–Trinajstić information content (AvgIpc) is 2.97. The summed E-state index contributed by atoms with van der Waals surface area (Å²) in [4.78, 5) is 11.4. The number of rotatable bonds is 3. The second kappa shape index (κ2) is 3.82. The van der Waals surface area contributed by atoms with Crippen LogP contribution in [0, 0.1) is 11.7 Å². The normalized spacial score (nSPS) is 27.8. The third kappa shape index (κ3) is 1.55. The molecule has 0 saturated heterocycles. The highest BCUT2D eigenvalue weighted by Gasteiger charge is 2.60. The van der Waals surface area contributed by atoms with E-state index < -0.39 is 17.1 Å². The van der Waals surface area contributed by atoms with E-state index in [1.807, 2.05) is 0 Å². The van der Waals surface area contributed by atoms with Crippen molar-refractivity contribution in [1.82, 2.24) is 0 Å². The predicted octanol–water partition coefficient (Wildman–Crippen LogP) is 1.32. The number of hydrogen-bond acceptors (Lipinski definition) is 2. The van der Waals surface area contributed by atoms with E-state index in [4.69, 9.17) is 10.8 Å². The van der Waals surface area contributed by atoms with E-state index in [1.165, 1.54) is 6.07 Å². The lowest BCUT2D eigenvalue weighted by atomic mass is 9.92. The molecule has 0 aliphatic heterocycles. The molecule has 0 spiro atoms. The summed E-state index contributed by atoms with van der Waals surface area (Å²) in [6, 6.07) is 4.40. The Hall–Kier alpha value is -0.940. The molecule has 1 amide bonds. The zero-order valence-electron chi connectivity index (χ0n) is 8.41. The molecule has 2 atom stereocenters. The van der Waals surface area contributed by atoms with E-state index in [-0.39, 0.29) is 18.1 Å². The molecule has 1 aromatic rings. The Labute approximate surface area is 101 Å². The number of halogens is 2. The molecule has 3 nitrogen and oxygen atoms in total. The van der Waals surface area contributed by atoms with E-state index in [1.54, 1.807) is 12.1 Å². The summed E-state index contributed by atoms with van der Waals surface area (Å²) in [5.74, 6) is -1.31. The number of benzene rings is 1. The van der Waals surface area contributed by atoms with Gasteiger partial charge >= 0.3 is 0 Å². The number of primary amides is 1. The van der Waals surface area contributed by atoms with Gasteiger partial charge in [-0.25, -0.2) is 4.39 Å². The minimum Gasteiger partial charge on any atom is -0.396 e. The van der Waals surface area contributed by atoms with Gasteiger partial charge in [0.15, 0.2) is 0 Å². The number of amides is 1. The van der Waals surface area contributed by atoms with Crippen LogP contribution in [0.4, 0.5) is 4.39 Å². The lowest BCUT2D eigenvalue weighted by molar-refractivity contribution is -0.121. The van der Waals surface area contributed by atoms with Crippen molar-refractivity contribution < 1.29 is 14.3 Å². The van der Waals surface area contributed by atoms with Crippen molar-refractivity contribution in [2.45, 2.75) is 11.8 Å². The number of carbonyl (C=O) groups excluding carboxylic acids is 1. The standard InChI is InChI=1S/C11H11BrFNO2/c12-7-1-2-9(13)8(3-7)11(10(14)16)4-6(11)5-15/h1-3,6,15H,4-5H2,(H2,14,16)/t6-,11-/m0/s1. The fraction of sp³-hybridized carbons (Fsp3) is 0.364. The SMILES string of the molecule is NC(=O)[C@@]1(c2cc(Br)ccc2F)C[C@H]1CO. The number of carbonyl (C=O) groups is 1. The van der Waals surface area contributed by atoms with Gasteiger partial charge in [-0.15, -0.1) is 0 Å². The summed E-state index contributed by atoms with van der Waals surface area (Å²) >= 11 is 3.23. The Morgan fingerprint density at radius 1 is 1.69 bits per heavy atom. The molecule has 0 unspecified atom stereocenters. The van der Waals surface area contributed by atoms with E-state index >= 15 is 0 Å². The number of aliphatic hydroxyl groups is 1. The van der Waals surface area contributed by atoms with Gasteiger partial charge in [-0.1, -0.05) is 15.9 Å². The van der Waals surface area contributed by atoms with Gasteiger partial charge in [-0.3, -0.25) is 4.79 Å². The van der Waals surface area contributed by atoms with Crippen LogP contribution in [0.1, 0.15) is 12.0 Å². The van der Waals surface area contributed by atoms with Crippen LogP contribution in [0.25, 0.3) is 0 Å². The van der Waals surface area contributed by atoms with Gasteiger partial charge in [0, 0.05) is 22.6 Å². The molecule has 86 valence electrons. The van der Waals surface area contributed by atoms with E-state index in [0.29, 0.717) is 10.9 Å². The molecule has 0 heterocycles. The minimum atomic E-state index is -1.03. The lowest BCUT2D eigenvalue weighted by Crippen LogP contribution is -2.32. The third-order valence-corrected chi connectivity index (χ3v) is 3.67. The third-order valence-electron chi connectivity index (χ3n) is 3.17. The van der Waals surface area contributed by atoms with Crippen molar-refractivity contribution >= 4 is 21.8 Å². The summed E-state index contributed by atoms with van der Waals surface area (Å²) in [6.45, 7) is -0.158. The summed E-state index contributed by atoms with van der Waals surface area (Å²) in [7, 11) is 0. The Balaban J connectivity index is 2.50. The lowest BCUT2D eigenvalue weighted by Gasteiger charge is -2.14. The quantitative estimate of drug-likeness (QED) is 0.881. The second-order valence-electron chi connectivity index (χ2n) is 4.04. The predicted molar refractivity (Wildman–Crippen MR) is 60.2 cm³/mol. The smallest absolute Gasteiger partial charge is 0.228 e. The fourth-order valence-electron chi connectivity index (χ4n) is 2.15. The summed E-state index contributed by atoms with van der Waals surface area (Å²) < 4.78 is 14.4. The maximum Gasteiger partial charge on any atom is 0.228 e. The Kier molecular flexibility index (Phi) is 2.75. The molecule has 1 aromatic carbocycles. The molecule has 2 rings (SSSR count). The fourth-order valence-corrected chi connectivity index (χ4v) is 2.51. The van der Waals surface area contributed by atoms with Crippen molar-refractivity contribution in [3.05, 3.63) is 34.1 Å². The monoisotopic (exact) mass is 287 g/mol. The van der Waals surface area contributed by atoms with Crippen molar-refractivity contribution in [1.29, 1.82) is 0 Å². The zero-order chi connectivity index (χ0) is 11.9. The first-order chi connectivity index (χ1) is 7.52. The van der Waals surface area contributed by atoms with Crippen LogP contribution in [0.3, 0.4) is 0 Å². The van der Waals surface area contributed by atoms with Gasteiger partial charge in [-0.05, 0) is 24.6 Å². The highest BCUT2D eigenvalue weighted by molar-refractivity contribution is 9.10. The summed E-state index contributed by atoms with van der Waals surface area (Å²) in [5.41, 5.74) is 4.56. The van der Waals surface area contributed by atoms with Crippen molar-refractivity contribution in [2.75, 3.05) is 6.61 Å². The number of aliphatic hydroxyl groups excluding tert-OH is 1. The first-order valence-corrected chi connectivity index (χ1v) is 5.68. The first kappa shape index (κ1) is 11.5. The number of hydrogen-bond donors (Lipinski definition) is 2. The molecule has 0 radical (unpaired) electrons. The Bertz CT molecular complexity index is 452. The van der Waals surface area contributed by atoms with Crippen LogP contribution in [0.5, 0.6) is 0 Å². The summed E-state index contributed by atoms with van der Waals surface area (Å²) in [5, 5.41) is 9.07. The molecule has 1 fully saturated rings. The van der Waals surface area contributed by atoms with Crippen molar-refractivity contribution in [3.8, 4) is 0 Å². The molecule has 1 aliphatic rings. The minimum absolute atomic E-state index is 0.158. The molecule has 16 heavy (non-hydrogen) atoms. The molecule has 0 bridgehead atoms. The zero-order valence-corrected chi connectivity index (χ0v) is 10.00. The van der Waals surface area contributed by atoms with Gasteiger partial charge in [0.25, 0.3) is 0 Å². The van der Waals surface area contributed by atoms with Gasteiger partial charge < -0.3 is 10.8 Å². The van der Waals surface area contributed by atoms with Gasteiger partial charge in [-0.2, -0.15) is 0 Å². The maximum atomic E-state index is 13.7.